The minimum atomic E-state index is -0.135. The van der Waals surface area contributed by atoms with E-state index in [1.165, 1.54) is 24.4 Å². The van der Waals surface area contributed by atoms with Crippen LogP contribution in [0.25, 0.3) is 0 Å². The molecular weight excluding hydrogens is 198 g/mol. The Morgan fingerprint density at radius 1 is 1.71 bits per heavy atom. The minimum Gasteiger partial charge on any atom is -0.394 e. The number of nitrogens with one attached hydrogen (secondary N) is 1. The fourth-order valence-electron chi connectivity index (χ4n) is 1.60. The second-order valence-electron chi connectivity index (χ2n) is 4.10. The lowest BCUT2D eigenvalue weighted by Gasteiger charge is -2.28. The summed E-state index contributed by atoms with van der Waals surface area (Å²) in [5.41, 5.74) is 0.819. The second kappa shape index (κ2) is 3.92. The van der Waals surface area contributed by atoms with Crippen molar-refractivity contribution in [1.82, 2.24) is 14.9 Å². The molecule has 2 N–H and O–H groups in total. The maximum absolute atomic E-state index is 9.33. The van der Waals surface area contributed by atoms with Crippen molar-refractivity contribution >= 4 is 11.5 Å². The monoisotopic (exact) mass is 213 g/mol. The quantitative estimate of drug-likeness (QED) is 0.759. The Bertz CT molecular complexity index is 286. The molecule has 5 heteroatoms. The van der Waals surface area contributed by atoms with Crippen molar-refractivity contribution in [1.29, 1.82) is 0 Å². The molecule has 14 heavy (non-hydrogen) atoms. The first-order chi connectivity index (χ1) is 6.74. The highest BCUT2D eigenvalue weighted by Crippen LogP contribution is 2.39. The summed E-state index contributed by atoms with van der Waals surface area (Å²) in [6.07, 6.45) is 2.44. The van der Waals surface area contributed by atoms with Crippen molar-refractivity contribution in [2.45, 2.75) is 31.8 Å². The summed E-state index contributed by atoms with van der Waals surface area (Å²) in [7, 11) is 0. The van der Waals surface area contributed by atoms with Crippen LogP contribution >= 0.6 is 11.5 Å². The van der Waals surface area contributed by atoms with Gasteiger partial charge in [-0.1, -0.05) is 4.49 Å². The summed E-state index contributed by atoms with van der Waals surface area (Å²) < 4.78 is 3.80. The van der Waals surface area contributed by atoms with Gasteiger partial charge < -0.3 is 10.4 Å². The summed E-state index contributed by atoms with van der Waals surface area (Å²) >= 11 is 1.36. The zero-order valence-corrected chi connectivity index (χ0v) is 9.05. The molecule has 1 aromatic heterocycles. The Labute approximate surface area is 87.5 Å². The van der Waals surface area contributed by atoms with Crippen LogP contribution in [0.2, 0.25) is 0 Å². The molecule has 0 aromatic carbocycles. The van der Waals surface area contributed by atoms with Crippen LogP contribution in [-0.2, 0) is 6.54 Å². The van der Waals surface area contributed by atoms with E-state index in [-0.39, 0.29) is 12.1 Å². The summed E-state index contributed by atoms with van der Waals surface area (Å²) in [5, 5.41) is 18.6. The number of nitrogens with zero attached hydrogens (tertiary/aromatic N) is 2. The van der Waals surface area contributed by atoms with Crippen molar-refractivity contribution in [3.8, 4) is 0 Å². The molecule has 1 saturated carbocycles. The van der Waals surface area contributed by atoms with E-state index in [4.69, 9.17) is 0 Å². The van der Waals surface area contributed by atoms with Gasteiger partial charge in [-0.05, 0) is 37.2 Å². The van der Waals surface area contributed by atoms with Crippen molar-refractivity contribution in [2.75, 3.05) is 6.61 Å². The Kier molecular flexibility index (Phi) is 2.80. The van der Waals surface area contributed by atoms with Crippen molar-refractivity contribution < 1.29 is 5.11 Å². The van der Waals surface area contributed by atoms with Crippen LogP contribution < -0.4 is 5.32 Å². The maximum atomic E-state index is 9.33. The van der Waals surface area contributed by atoms with E-state index in [1.54, 1.807) is 0 Å². The first-order valence-electron chi connectivity index (χ1n) is 4.86. The van der Waals surface area contributed by atoms with Gasteiger partial charge in [0.1, 0.15) is 0 Å². The van der Waals surface area contributed by atoms with Crippen LogP contribution in [0.15, 0.2) is 5.38 Å². The predicted molar refractivity (Wildman–Crippen MR) is 55.0 cm³/mol. The maximum Gasteiger partial charge on any atom is 0.0893 e. The van der Waals surface area contributed by atoms with Gasteiger partial charge in [0, 0.05) is 17.5 Å². The van der Waals surface area contributed by atoms with Gasteiger partial charge in [-0.2, -0.15) is 0 Å². The third-order valence-electron chi connectivity index (χ3n) is 2.89. The van der Waals surface area contributed by atoms with Gasteiger partial charge in [-0.15, -0.1) is 5.10 Å². The summed E-state index contributed by atoms with van der Waals surface area (Å²) in [5.74, 6) is 0.624. The number of aliphatic hydroxyl groups excluding tert-OH is 1. The van der Waals surface area contributed by atoms with Crippen molar-refractivity contribution in [3.05, 3.63) is 11.1 Å². The molecule has 0 saturated heterocycles. The van der Waals surface area contributed by atoms with Crippen LogP contribution in [0.5, 0.6) is 0 Å². The Morgan fingerprint density at radius 2 is 2.50 bits per heavy atom. The van der Waals surface area contributed by atoms with E-state index in [1.807, 2.05) is 5.38 Å². The highest BCUT2D eigenvalue weighted by Gasteiger charge is 2.40. The molecule has 1 aliphatic rings. The molecule has 4 nitrogen and oxygen atoms in total. The lowest BCUT2D eigenvalue weighted by atomic mass is 9.97. The van der Waals surface area contributed by atoms with Gasteiger partial charge in [0.15, 0.2) is 0 Å². The standard InChI is InChI=1S/C9H15N3OS/c1-9(6-13,7-2-3-7)10-4-8-5-14-12-11-8/h5,7,10,13H,2-4,6H2,1H3. The van der Waals surface area contributed by atoms with Crippen LogP contribution in [0.3, 0.4) is 0 Å². The first-order valence-corrected chi connectivity index (χ1v) is 5.70. The molecule has 0 amide bonds. The molecule has 0 aliphatic heterocycles. The van der Waals surface area contributed by atoms with E-state index in [2.05, 4.69) is 21.8 Å². The highest BCUT2D eigenvalue weighted by molar-refractivity contribution is 7.03. The molecule has 1 fully saturated rings. The van der Waals surface area contributed by atoms with Gasteiger partial charge >= 0.3 is 0 Å². The first kappa shape index (κ1) is 10.0. The largest absolute Gasteiger partial charge is 0.394 e. The van der Waals surface area contributed by atoms with E-state index in [0.717, 1.165) is 5.69 Å². The molecule has 1 aliphatic carbocycles. The number of aliphatic hydroxyl groups is 1. The lowest BCUT2D eigenvalue weighted by molar-refractivity contribution is 0.153. The summed E-state index contributed by atoms with van der Waals surface area (Å²) in [6, 6.07) is 0. The molecular formula is C9H15N3OS. The Balaban J connectivity index is 1.89. The molecule has 0 radical (unpaired) electrons. The number of hydrogen-bond donors (Lipinski definition) is 2. The molecule has 1 atom stereocenters. The number of rotatable bonds is 5. The predicted octanol–water partition coefficient (Wildman–Crippen LogP) is 0.789. The number of hydrogen-bond acceptors (Lipinski definition) is 5. The third-order valence-corrected chi connectivity index (χ3v) is 3.44. The van der Waals surface area contributed by atoms with Gasteiger partial charge in [-0.3, -0.25) is 0 Å². The molecule has 1 unspecified atom stereocenters. The highest BCUT2D eigenvalue weighted by atomic mass is 32.1. The molecule has 2 rings (SSSR count). The van der Waals surface area contributed by atoms with Crippen LogP contribution in [0, 0.1) is 5.92 Å². The molecule has 78 valence electrons. The summed E-state index contributed by atoms with van der Waals surface area (Å²) in [4.78, 5) is 0. The molecule has 1 aromatic rings. The topological polar surface area (TPSA) is 58.0 Å². The minimum absolute atomic E-state index is 0.135. The number of aromatic nitrogens is 2. The van der Waals surface area contributed by atoms with Crippen molar-refractivity contribution in [3.63, 3.8) is 0 Å². The van der Waals surface area contributed by atoms with Gasteiger partial charge in [0.2, 0.25) is 0 Å². The van der Waals surface area contributed by atoms with E-state index in [9.17, 15) is 5.11 Å². The fraction of sp³-hybridized carbons (Fsp3) is 0.778. The smallest absolute Gasteiger partial charge is 0.0893 e. The Hall–Kier alpha value is -0.520. The average molecular weight is 213 g/mol. The molecule has 1 heterocycles. The van der Waals surface area contributed by atoms with Crippen LogP contribution in [0.1, 0.15) is 25.5 Å². The third kappa shape index (κ3) is 2.10. The lowest BCUT2D eigenvalue weighted by Crippen LogP contribution is -2.47. The second-order valence-corrected chi connectivity index (χ2v) is 4.71. The zero-order chi connectivity index (χ0) is 10.0. The van der Waals surface area contributed by atoms with E-state index in [0.29, 0.717) is 12.5 Å². The SMILES string of the molecule is CC(CO)(NCc1csnn1)C1CC1. The van der Waals surface area contributed by atoms with Crippen molar-refractivity contribution in [2.24, 2.45) is 5.92 Å². The fourth-order valence-corrected chi connectivity index (χ4v) is 2.05. The van der Waals surface area contributed by atoms with Gasteiger partial charge in [0.05, 0.1) is 12.3 Å². The molecule has 0 bridgehead atoms. The van der Waals surface area contributed by atoms with E-state index < -0.39 is 0 Å². The van der Waals surface area contributed by atoms with Gasteiger partial charge in [0.25, 0.3) is 0 Å². The Morgan fingerprint density at radius 3 is 3.00 bits per heavy atom. The molecule has 0 spiro atoms. The van der Waals surface area contributed by atoms with Crippen LogP contribution in [-0.4, -0.2) is 26.8 Å². The van der Waals surface area contributed by atoms with E-state index >= 15 is 0 Å². The normalized spacial score (nSPS) is 20.7. The van der Waals surface area contributed by atoms with Crippen LogP contribution in [0.4, 0.5) is 0 Å². The van der Waals surface area contributed by atoms with Gasteiger partial charge in [-0.25, -0.2) is 0 Å². The summed E-state index contributed by atoms with van der Waals surface area (Å²) in [6.45, 7) is 2.96. The zero-order valence-electron chi connectivity index (χ0n) is 8.23. The average Bonchev–Trinajstić information content (AvgIpc) is 2.94.